The van der Waals surface area contributed by atoms with E-state index in [1.807, 2.05) is 42.5 Å². The minimum atomic E-state index is -0.780. The maximum atomic E-state index is 13.4. The van der Waals surface area contributed by atoms with Crippen molar-refractivity contribution in [2.75, 3.05) is 18.1 Å². The molecule has 0 saturated heterocycles. The van der Waals surface area contributed by atoms with Gasteiger partial charge in [-0.15, -0.1) is 0 Å². The van der Waals surface area contributed by atoms with Crippen molar-refractivity contribution in [3.05, 3.63) is 95.8 Å². The normalized spacial score (nSPS) is 14.2. The Balaban J connectivity index is 1.51. The number of hydrogen-bond donors (Lipinski definition) is 1. The van der Waals surface area contributed by atoms with Gasteiger partial charge in [-0.2, -0.15) is 0 Å². The first-order valence-corrected chi connectivity index (χ1v) is 12.9. The number of nitrogens with one attached hydrogen (secondary N) is 1. The van der Waals surface area contributed by atoms with Gasteiger partial charge in [0, 0.05) is 18.1 Å². The number of esters is 2. The molecule has 4 rings (SSSR count). The third-order valence-corrected chi connectivity index (χ3v) is 6.76. The fourth-order valence-electron chi connectivity index (χ4n) is 4.94. The number of amides is 1. The minimum Gasteiger partial charge on any atom is -0.464 e. The molecule has 198 valence electrons. The Hall–Kier alpha value is -4.20. The predicted octanol–water partition coefficient (Wildman–Crippen LogP) is 3.48. The Morgan fingerprint density at radius 1 is 0.947 bits per heavy atom. The number of ether oxygens (including phenoxy) is 2. The van der Waals surface area contributed by atoms with Crippen molar-refractivity contribution in [1.29, 1.82) is 0 Å². The molecule has 1 aliphatic rings. The molecule has 1 N–H and O–H groups in total. The van der Waals surface area contributed by atoms with Crippen LogP contribution in [0, 0.1) is 5.92 Å². The highest BCUT2D eigenvalue weighted by Crippen LogP contribution is 2.34. The molecule has 1 unspecified atom stereocenters. The molecular formula is C30H33N3O5. The zero-order chi connectivity index (χ0) is 26.9. The first kappa shape index (κ1) is 26.9. The van der Waals surface area contributed by atoms with E-state index in [1.54, 1.807) is 43.3 Å². The molecule has 3 aromatic rings. The molecule has 0 radical (unpaired) electrons. The zero-order valence-corrected chi connectivity index (χ0v) is 21.7. The molecule has 0 saturated carbocycles. The van der Waals surface area contributed by atoms with E-state index in [9.17, 15) is 14.4 Å². The molecule has 8 nitrogen and oxygen atoms in total. The van der Waals surface area contributed by atoms with Crippen LogP contribution in [0.4, 0.5) is 5.69 Å². The van der Waals surface area contributed by atoms with Crippen LogP contribution in [0.5, 0.6) is 0 Å². The van der Waals surface area contributed by atoms with E-state index in [4.69, 9.17) is 9.47 Å². The second kappa shape index (κ2) is 12.9. The van der Waals surface area contributed by atoms with Crippen molar-refractivity contribution in [2.45, 2.75) is 45.4 Å². The molecule has 2 atom stereocenters. The molecule has 1 amide bonds. The first-order valence-electron chi connectivity index (χ1n) is 12.9. The van der Waals surface area contributed by atoms with E-state index in [-0.39, 0.29) is 31.6 Å². The number of nitrogens with zero attached hydrogens (tertiary/aromatic N) is 2. The Morgan fingerprint density at radius 2 is 1.58 bits per heavy atom. The summed E-state index contributed by atoms with van der Waals surface area (Å²) >= 11 is 0. The van der Waals surface area contributed by atoms with Gasteiger partial charge in [0.05, 0.1) is 6.61 Å². The molecule has 0 aliphatic heterocycles. The van der Waals surface area contributed by atoms with Gasteiger partial charge in [0.1, 0.15) is 25.2 Å². The first-order chi connectivity index (χ1) is 18.5. The lowest BCUT2D eigenvalue weighted by molar-refractivity contribution is -0.147. The molecule has 1 heterocycles. The molecule has 0 fully saturated rings. The maximum Gasteiger partial charge on any atom is 0.329 e. The maximum absolute atomic E-state index is 13.4. The lowest BCUT2D eigenvalue weighted by Gasteiger charge is -2.39. The molecule has 8 heteroatoms. The van der Waals surface area contributed by atoms with Crippen LogP contribution in [-0.4, -0.2) is 48.1 Å². The third kappa shape index (κ3) is 6.56. The van der Waals surface area contributed by atoms with Crippen molar-refractivity contribution >= 4 is 23.5 Å². The third-order valence-electron chi connectivity index (χ3n) is 6.76. The summed E-state index contributed by atoms with van der Waals surface area (Å²) in [5, 5.41) is 2.68. The van der Waals surface area contributed by atoms with Crippen LogP contribution in [0.15, 0.2) is 79.1 Å². The number of aromatic nitrogens is 1. The van der Waals surface area contributed by atoms with Crippen molar-refractivity contribution in [1.82, 2.24) is 10.3 Å². The van der Waals surface area contributed by atoms with Crippen molar-refractivity contribution < 1.29 is 23.9 Å². The summed E-state index contributed by atoms with van der Waals surface area (Å²) in [6.07, 6.45) is 4.64. The minimum absolute atomic E-state index is 0.0919. The Morgan fingerprint density at radius 3 is 2.21 bits per heavy atom. The van der Waals surface area contributed by atoms with Gasteiger partial charge >= 0.3 is 11.9 Å². The highest BCUT2D eigenvalue weighted by Gasteiger charge is 2.42. The van der Waals surface area contributed by atoms with Crippen LogP contribution in [0.3, 0.4) is 0 Å². The number of anilines is 1. The largest absolute Gasteiger partial charge is 0.464 e. The topological polar surface area (TPSA) is 97.8 Å². The van der Waals surface area contributed by atoms with Crippen LogP contribution >= 0.6 is 0 Å². The zero-order valence-electron chi connectivity index (χ0n) is 21.7. The van der Waals surface area contributed by atoms with Gasteiger partial charge in [-0.3, -0.25) is 14.6 Å². The van der Waals surface area contributed by atoms with Gasteiger partial charge < -0.3 is 19.7 Å². The van der Waals surface area contributed by atoms with Gasteiger partial charge in [0.15, 0.2) is 0 Å². The van der Waals surface area contributed by atoms with E-state index < -0.39 is 24.0 Å². The molecule has 0 bridgehead atoms. The summed E-state index contributed by atoms with van der Waals surface area (Å²) in [6.45, 7) is 3.57. The van der Waals surface area contributed by atoms with E-state index in [1.165, 1.54) is 11.1 Å². The fraction of sp³-hybridized carbons (Fsp3) is 0.333. The van der Waals surface area contributed by atoms with Crippen LogP contribution in [0.25, 0.3) is 0 Å². The summed E-state index contributed by atoms with van der Waals surface area (Å²) in [6, 6.07) is 19.5. The van der Waals surface area contributed by atoms with Gasteiger partial charge in [-0.1, -0.05) is 54.6 Å². The molecule has 1 aromatic heterocycles. The fourth-order valence-corrected chi connectivity index (χ4v) is 4.94. The second-order valence-corrected chi connectivity index (χ2v) is 9.29. The van der Waals surface area contributed by atoms with Crippen LogP contribution in [0.1, 0.15) is 30.5 Å². The molecule has 38 heavy (non-hydrogen) atoms. The monoisotopic (exact) mass is 515 g/mol. The van der Waals surface area contributed by atoms with E-state index in [2.05, 4.69) is 22.4 Å². The highest BCUT2D eigenvalue weighted by molar-refractivity contribution is 5.91. The van der Waals surface area contributed by atoms with E-state index in [0.29, 0.717) is 18.5 Å². The van der Waals surface area contributed by atoms with Crippen LogP contribution in [-0.2, 0) is 43.3 Å². The Bertz CT molecular complexity index is 1210. The Kier molecular flexibility index (Phi) is 9.08. The molecule has 1 aliphatic carbocycles. The summed E-state index contributed by atoms with van der Waals surface area (Å²) in [5.74, 6) is -1.42. The molecule has 0 spiro atoms. The average Bonchev–Trinajstić information content (AvgIpc) is 3.38. The predicted molar refractivity (Wildman–Crippen MR) is 143 cm³/mol. The van der Waals surface area contributed by atoms with Crippen molar-refractivity contribution in [3.63, 3.8) is 0 Å². The number of fused-ring (bicyclic) bond motifs is 1. The standard InChI is InChI=1S/C30H33N3O5/c1-3-37-30(36)28(25-17-23-11-7-8-12-24(23)18-25)33(26-13-15-31-16-14-26)21(2)29(35)32-19-27(34)38-20-22-9-5-4-6-10-22/h4-16,21,25,28H,3,17-20H2,1-2H3,(H,32,35)/t21-,28?/m0/s1. The van der Waals surface area contributed by atoms with Crippen LogP contribution in [0.2, 0.25) is 0 Å². The van der Waals surface area contributed by atoms with E-state index >= 15 is 0 Å². The lowest BCUT2D eigenvalue weighted by Crippen LogP contribution is -2.56. The highest BCUT2D eigenvalue weighted by atomic mass is 16.5. The number of benzene rings is 2. The van der Waals surface area contributed by atoms with Gasteiger partial charge in [0.2, 0.25) is 5.91 Å². The second-order valence-electron chi connectivity index (χ2n) is 9.29. The Labute approximate surface area is 223 Å². The van der Waals surface area contributed by atoms with Crippen LogP contribution < -0.4 is 10.2 Å². The summed E-state index contributed by atoms with van der Waals surface area (Å²) in [4.78, 5) is 45.0. The van der Waals surface area contributed by atoms with Gasteiger partial charge in [0.25, 0.3) is 0 Å². The van der Waals surface area contributed by atoms with E-state index in [0.717, 1.165) is 5.56 Å². The summed E-state index contributed by atoms with van der Waals surface area (Å²) < 4.78 is 10.8. The number of carbonyl (C=O) groups is 3. The lowest BCUT2D eigenvalue weighted by atomic mass is 9.93. The summed E-state index contributed by atoms with van der Waals surface area (Å²) in [5.41, 5.74) is 3.92. The number of rotatable bonds is 11. The molecule has 2 aromatic carbocycles. The quantitative estimate of drug-likeness (QED) is 0.391. The summed E-state index contributed by atoms with van der Waals surface area (Å²) in [7, 11) is 0. The smallest absolute Gasteiger partial charge is 0.329 e. The van der Waals surface area contributed by atoms with Gasteiger partial charge in [-0.25, -0.2) is 4.79 Å². The number of carbonyl (C=O) groups excluding carboxylic acids is 3. The van der Waals surface area contributed by atoms with Gasteiger partial charge in [-0.05, 0) is 61.4 Å². The number of pyridine rings is 1. The van der Waals surface area contributed by atoms with Crippen molar-refractivity contribution in [2.24, 2.45) is 5.92 Å². The van der Waals surface area contributed by atoms with Crippen molar-refractivity contribution in [3.8, 4) is 0 Å². The molecular weight excluding hydrogens is 482 g/mol. The SMILES string of the molecule is CCOC(=O)C(C1Cc2ccccc2C1)N(c1ccncc1)[C@@H](C)C(=O)NCC(=O)OCc1ccccc1. The number of hydrogen-bond acceptors (Lipinski definition) is 7. The average molecular weight is 516 g/mol.